The molecule has 2 amide bonds. The van der Waals surface area contributed by atoms with Gasteiger partial charge in [0, 0.05) is 31.4 Å². The second-order valence-corrected chi connectivity index (χ2v) is 4.72. The van der Waals surface area contributed by atoms with Gasteiger partial charge in [0.1, 0.15) is 0 Å². The van der Waals surface area contributed by atoms with Crippen LogP contribution in [0.25, 0.3) is 0 Å². The third-order valence-corrected chi connectivity index (χ3v) is 3.35. The molecular weight excluding hydrogens is 242 g/mol. The fourth-order valence-electron chi connectivity index (χ4n) is 2.33. The van der Waals surface area contributed by atoms with E-state index in [2.05, 4.69) is 27.7 Å². The van der Waals surface area contributed by atoms with Crippen LogP contribution in [0.4, 0.5) is 10.5 Å². The van der Waals surface area contributed by atoms with E-state index in [1.54, 1.807) is 0 Å². The molecule has 1 aliphatic rings. The molecule has 0 radical (unpaired) electrons. The maximum Gasteiger partial charge on any atom is 0.315 e. The Morgan fingerprint density at radius 2 is 1.95 bits per heavy atom. The van der Waals surface area contributed by atoms with E-state index in [1.165, 1.54) is 5.69 Å². The Hall–Kier alpha value is -1.75. The summed E-state index contributed by atoms with van der Waals surface area (Å²) in [6, 6.07) is 10.4. The van der Waals surface area contributed by atoms with Crippen LogP contribution in [-0.2, 0) is 0 Å². The largest absolute Gasteiger partial charge is 0.395 e. The van der Waals surface area contributed by atoms with Crippen molar-refractivity contribution in [1.82, 2.24) is 10.6 Å². The summed E-state index contributed by atoms with van der Waals surface area (Å²) in [7, 11) is 0. The fraction of sp³-hybridized carbons (Fsp3) is 0.500. The molecular formula is C14H21N3O2. The van der Waals surface area contributed by atoms with Gasteiger partial charge in [0.05, 0.1) is 6.61 Å². The molecule has 1 aromatic rings. The first-order valence-electron chi connectivity index (χ1n) is 6.75. The van der Waals surface area contributed by atoms with Gasteiger partial charge in [-0.3, -0.25) is 0 Å². The van der Waals surface area contributed by atoms with Gasteiger partial charge in [-0.2, -0.15) is 0 Å². The number of carbonyl (C=O) groups excluding carboxylic acids is 1. The number of para-hydroxylation sites is 1. The number of aliphatic hydroxyl groups is 1. The smallest absolute Gasteiger partial charge is 0.315 e. The monoisotopic (exact) mass is 263 g/mol. The molecule has 104 valence electrons. The summed E-state index contributed by atoms with van der Waals surface area (Å²) >= 11 is 0. The molecule has 0 unspecified atom stereocenters. The lowest BCUT2D eigenvalue weighted by atomic mass is 10.0. The molecule has 5 heteroatoms. The molecule has 1 aliphatic heterocycles. The van der Waals surface area contributed by atoms with Crippen LogP contribution in [0.5, 0.6) is 0 Å². The number of rotatable bonds is 4. The highest BCUT2D eigenvalue weighted by Crippen LogP contribution is 2.19. The van der Waals surface area contributed by atoms with Crippen LogP contribution in [0.1, 0.15) is 12.8 Å². The summed E-state index contributed by atoms with van der Waals surface area (Å²) < 4.78 is 0. The maximum atomic E-state index is 11.5. The first kappa shape index (κ1) is 13.7. The lowest BCUT2D eigenvalue weighted by Crippen LogP contribution is -2.48. The molecule has 1 heterocycles. The van der Waals surface area contributed by atoms with Gasteiger partial charge in [0.15, 0.2) is 0 Å². The van der Waals surface area contributed by atoms with E-state index in [4.69, 9.17) is 5.11 Å². The van der Waals surface area contributed by atoms with Crippen LogP contribution in [0.3, 0.4) is 0 Å². The van der Waals surface area contributed by atoms with E-state index in [-0.39, 0.29) is 18.7 Å². The van der Waals surface area contributed by atoms with Crippen molar-refractivity contribution in [2.75, 3.05) is 31.1 Å². The van der Waals surface area contributed by atoms with Crippen molar-refractivity contribution in [2.45, 2.75) is 18.9 Å². The van der Waals surface area contributed by atoms with Crippen molar-refractivity contribution in [1.29, 1.82) is 0 Å². The van der Waals surface area contributed by atoms with Gasteiger partial charge in [-0.25, -0.2) is 4.79 Å². The zero-order chi connectivity index (χ0) is 13.5. The number of amides is 2. The third-order valence-electron chi connectivity index (χ3n) is 3.35. The van der Waals surface area contributed by atoms with Crippen LogP contribution in [0.15, 0.2) is 30.3 Å². The Morgan fingerprint density at radius 1 is 1.26 bits per heavy atom. The number of urea groups is 1. The predicted octanol–water partition coefficient (Wildman–Crippen LogP) is 0.947. The molecule has 0 aliphatic carbocycles. The first-order valence-corrected chi connectivity index (χ1v) is 6.75. The summed E-state index contributed by atoms with van der Waals surface area (Å²) in [5.41, 5.74) is 1.24. The van der Waals surface area contributed by atoms with Crippen LogP contribution < -0.4 is 15.5 Å². The molecule has 0 aromatic heterocycles. The number of hydrogen-bond acceptors (Lipinski definition) is 3. The van der Waals surface area contributed by atoms with Crippen LogP contribution in [0.2, 0.25) is 0 Å². The highest BCUT2D eigenvalue weighted by molar-refractivity contribution is 5.74. The maximum absolute atomic E-state index is 11.5. The lowest BCUT2D eigenvalue weighted by molar-refractivity contribution is 0.228. The second-order valence-electron chi connectivity index (χ2n) is 4.72. The van der Waals surface area contributed by atoms with E-state index in [9.17, 15) is 4.79 Å². The molecule has 0 atom stereocenters. The van der Waals surface area contributed by atoms with Crippen molar-refractivity contribution >= 4 is 11.7 Å². The van der Waals surface area contributed by atoms with Gasteiger partial charge in [0.25, 0.3) is 0 Å². The summed E-state index contributed by atoms with van der Waals surface area (Å²) in [6.45, 7) is 2.18. The van der Waals surface area contributed by atoms with Crippen LogP contribution in [0, 0.1) is 0 Å². The van der Waals surface area contributed by atoms with Crippen molar-refractivity contribution in [3.8, 4) is 0 Å². The average Bonchev–Trinajstić information content (AvgIpc) is 2.47. The summed E-state index contributed by atoms with van der Waals surface area (Å²) in [5.74, 6) is 0. The fourth-order valence-corrected chi connectivity index (χ4v) is 2.33. The molecule has 0 bridgehead atoms. The van der Waals surface area contributed by atoms with Gasteiger partial charge in [0.2, 0.25) is 0 Å². The Kier molecular flexibility index (Phi) is 5.03. The summed E-state index contributed by atoms with van der Waals surface area (Å²) in [4.78, 5) is 13.8. The quantitative estimate of drug-likeness (QED) is 0.757. The predicted molar refractivity (Wildman–Crippen MR) is 75.3 cm³/mol. The zero-order valence-electron chi connectivity index (χ0n) is 11.0. The highest BCUT2D eigenvalue weighted by atomic mass is 16.3. The van der Waals surface area contributed by atoms with Gasteiger partial charge in [-0.1, -0.05) is 18.2 Å². The topological polar surface area (TPSA) is 64.6 Å². The van der Waals surface area contributed by atoms with Gasteiger partial charge in [-0.05, 0) is 25.0 Å². The Labute approximate surface area is 113 Å². The van der Waals surface area contributed by atoms with Crippen LogP contribution in [-0.4, -0.2) is 43.4 Å². The van der Waals surface area contributed by atoms with E-state index >= 15 is 0 Å². The molecule has 0 spiro atoms. The Balaban J connectivity index is 1.75. The van der Waals surface area contributed by atoms with E-state index in [0.29, 0.717) is 6.54 Å². The molecule has 5 nitrogen and oxygen atoms in total. The Morgan fingerprint density at radius 3 is 2.58 bits per heavy atom. The summed E-state index contributed by atoms with van der Waals surface area (Å²) in [5, 5.41) is 14.2. The van der Waals surface area contributed by atoms with Crippen molar-refractivity contribution in [3.05, 3.63) is 30.3 Å². The first-order chi connectivity index (χ1) is 9.29. The third kappa shape index (κ3) is 4.13. The average molecular weight is 263 g/mol. The number of carbonyl (C=O) groups is 1. The minimum absolute atomic E-state index is 0.0279. The number of nitrogens with zero attached hydrogens (tertiary/aromatic N) is 1. The van der Waals surface area contributed by atoms with Gasteiger partial charge < -0.3 is 20.6 Å². The molecule has 0 saturated carbocycles. The van der Waals surface area contributed by atoms with Crippen LogP contribution >= 0.6 is 0 Å². The van der Waals surface area contributed by atoms with Crippen molar-refractivity contribution in [3.63, 3.8) is 0 Å². The zero-order valence-corrected chi connectivity index (χ0v) is 11.0. The van der Waals surface area contributed by atoms with E-state index in [0.717, 1.165) is 25.9 Å². The number of hydrogen-bond donors (Lipinski definition) is 3. The lowest BCUT2D eigenvalue weighted by Gasteiger charge is -2.33. The van der Waals surface area contributed by atoms with Crippen molar-refractivity contribution < 1.29 is 9.90 Å². The number of aliphatic hydroxyl groups excluding tert-OH is 1. The molecule has 1 aromatic carbocycles. The normalized spacial score (nSPS) is 16.2. The summed E-state index contributed by atoms with van der Waals surface area (Å²) in [6.07, 6.45) is 1.89. The van der Waals surface area contributed by atoms with E-state index < -0.39 is 0 Å². The van der Waals surface area contributed by atoms with Gasteiger partial charge in [-0.15, -0.1) is 0 Å². The molecule has 3 N–H and O–H groups in total. The molecule has 2 rings (SSSR count). The minimum Gasteiger partial charge on any atom is -0.395 e. The molecule has 1 fully saturated rings. The number of nitrogens with one attached hydrogen (secondary N) is 2. The number of piperidine rings is 1. The SMILES string of the molecule is O=C(NCCO)NC1CCN(c2ccccc2)CC1. The highest BCUT2D eigenvalue weighted by Gasteiger charge is 2.20. The second kappa shape index (κ2) is 6.99. The van der Waals surface area contributed by atoms with Crippen molar-refractivity contribution in [2.24, 2.45) is 0 Å². The minimum atomic E-state index is -0.188. The van der Waals surface area contributed by atoms with Gasteiger partial charge >= 0.3 is 6.03 Å². The number of anilines is 1. The number of benzene rings is 1. The molecule has 19 heavy (non-hydrogen) atoms. The Bertz CT molecular complexity index is 389. The standard InChI is InChI=1S/C14H21N3O2/c18-11-8-15-14(19)16-12-6-9-17(10-7-12)13-4-2-1-3-5-13/h1-5,12,18H,6-11H2,(H2,15,16,19). The van der Waals surface area contributed by atoms with E-state index in [1.807, 2.05) is 18.2 Å². The molecule has 1 saturated heterocycles.